The largest absolute Gasteiger partial charge is 0.422 e. The van der Waals surface area contributed by atoms with Crippen molar-refractivity contribution in [3.63, 3.8) is 0 Å². The second-order valence-electron chi connectivity index (χ2n) is 4.05. The molecule has 0 unspecified atom stereocenters. The zero-order valence-electron chi connectivity index (χ0n) is 10.2. The van der Waals surface area contributed by atoms with E-state index in [2.05, 4.69) is 13.0 Å². The number of aryl methyl sites for hydroxylation is 1. The highest BCUT2D eigenvalue weighted by Crippen LogP contribution is 2.24. The quantitative estimate of drug-likeness (QED) is 0.825. The van der Waals surface area contributed by atoms with Gasteiger partial charge < -0.3 is 10.2 Å². The van der Waals surface area contributed by atoms with Crippen LogP contribution in [0.4, 0.5) is 0 Å². The molecule has 90 valence electrons. The Hall–Kier alpha value is -1.61. The standard InChI is InChI=1S/C14H17NO2/c1-3-9-6-5-7-12-13(9)11(8-15)10(4-2)14(16)17-12/h5-7H,3-4,8,15H2,1-2H3. The summed E-state index contributed by atoms with van der Waals surface area (Å²) in [5.41, 5.74) is 9.03. The van der Waals surface area contributed by atoms with Crippen LogP contribution < -0.4 is 11.4 Å². The van der Waals surface area contributed by atoms with E-state index in [0.29, 0.717) is 24.1 Å². The molecule has 0 spiro atoms. The van der Waals surface area contributed by atoms with E-state index < -0.39 is 0 Å². The Balaban J connectivity index is 2.95. The SMILES string of the molecule is CCc1c(CN)c2c(CC)cccc2oc1=O. The number of fused-ring (bicyclic) bond motifs is 1. The van der Waals surface area contributed by atoms with E-state index in [0.717, 1.165) is 17.4 Å². The van der Waals surface area contributed by atoms with Crippen molar-refractivity contribution in [1.29, 1.82) is 0 Å². The number of nitrogens with two attached hydrogens (primary N) is 1. The van der Waals surface area contributed by atoms with E-state index in [9.17, 15) is 4.79 Å². The van der Waals surface area contributed by atoms with Crippen molar-refractivity contribution in [2.75, 3.05) is 0 Å². The summed E-state index contributed by atoms with van der Waals surface area (Å²) in [6.45, 7) is 4.42. The third kappa shape index (κ3) is 1.87. The van der Waals surface area contributed by atoms with Crippen molar-refractivity contribution < 1.29 is 4.42 Å². The van der Waals surface area contributed by atoms with Gasteiger partial charge in [-0.15, -0.1) is 0 Å². The third-order valence-corrected chi connectivity index (χ3v) is 3.17. The van der Waals surface area contributed by atoms with Gasteiger partial charge in [0.15, 0.2) is 0 Å². The van der Waals surface area contributed by atoms with E-state index >= 15 is 0 Å². The molecule has 0 atom stereocenters. The average molecular weight is 231 g/mol. The maximum Gasteiger partial charge on any atom is 0.339 e. The van der Waals surface area contributed by atoms with Crippen molar-refractivity contribution in [3.8, 4) is 0 Å². The maximum absolute atomic E-state index is 11.8. The molecular weight excluding hydrogens is 214 g/mol. The molecule has 1 heterocycles. The van der Waals surface area contributed by atoms with Gasteiger partial charge in [-0.3, -0.25) is 0 Å². The lowest BCUT2D eigenvalue weighted by atomic mass is 9.97. The molecule has 0 radical (unpaired) electrons. The topological polar surface area (TPSA) is 56.2 Å². The minimum atomic E-state index is -0.256. The molecule has 3 nitrogen and oxygen atoms in total. The lowest BCUT2D eigenvalue weighted by Gasteiger charge is -2.11. The fourth-order valence-electron chi connectivity index (χ4n) is 2.32. The molecule has 0 amide bonds. The summed E-state index contributed by atoms with van der Waals surface area (Å²) in [5, 5.41) is 1.02. The lowest BCUT2D eigenvalue weighted by Crippen LogP contribution is -2.14. The summed E-state index contributed by atoms with van der Waals surface area (Å²) in [6.07, 6.45) is 1.56. The molecule has 0 aliphatic rings. The summed E-state index contributed by atoms with van der Waals surface area (Å²) in [6, 6.07) is 5.80. The van der Waals surface area contributed by atoms with Crippen LogP contribution in [0.5, 0.6) is 0 Å². The van der Waals surface area contributed by atoms with Crippen molar-refractivity contribution in [2.45, 2.75) is 33.2 Å². The maximum atomic E-state index is 11.8. The highest BCUT2D eigenvalue weighted by atomic mass is 16.4. The minimum absolute atomic E-state index is 0.256. The van der Waals surface area contributed by atoms with Crippen LogP contribution in [0.2, 0.25) is 0 Å². The second-order valence-corrected chi connectivity index (χ2v) is 4.05. The first-order chi connectivity index (χ1) is 8.22. The van der Waals surface area contributed by atoms with E-state index in [1.54, 1.807) is 0 Å². The van der Waals surface area contributed by atoms with Crippen LogP contribution in [-0.4, -0.2) is 0 Å². The van der Waals surface area contributed by atoms with Crippen molar-refractivity contribution in [2.24, 2.45) is 5.73 Å². The van der Waals surface area contributed by atoms with Gasteiger partial charge in [0.05, 0.1) is 0 Å². The molecule has 0 saturated heterocycles. The minimum Gasteiger partial charge on any atom is -0.422 e. The summed E-state index contributed by atoms with van der Waals surface area (Å²) in [7, 11) is 0. The third-order valence-electron chi connectivity index (χ3n) is 3.17. The van der Waals surface area contributed by atoms with Gasteiger partial charge in [0.2, 0.25) is 0 Å². The molecular formula is C14H17NO2. The summed E-state index contributed by atoms with van der Waals surface area (Å²) in [4.78, 5) is 11.8. The van der Waals surface area contributed by atoms with Gasteiger partial charge in [-0.2, -0.15) is 0 Å². The second kappa shape index (κ2) is 4.72. The zero-order valence-corrected chi connectivity index (χ0v) is 10.2. The monoisotopic (exact) mass is 231 g/mol. The molecule has 0 saturated carbocycles. The Morgan fingerprint density at radius 3 is 2.53 bits per heavy atom. The van der Waals surface area contributed by atoms with Crippen molar-refractivity contribution >= 4 is 11.0 Å². The van der Waals surface area contributed by atoms with Gasteiger partial charge in [-0.25, -0.2) is 4.79 Å². The number of hydrogen-bond acceptors (Lipinski definition) is 3. The van der Waals surface area contributed by atoms with Crippen LogP contribution in [0, 0.1) is 0 Å². The van der Waals surface area contributed by atoms with Gasteiger partial charge in [-0.05, 0) is 30.0 Å². The molecule has 2 N–H and O–H groups in total. The first kappa shape index (κ1) is 11.9. The van der Waals surface area contributed by atoms with Crippen molar-refractivity contribution in [3.05, 3.63) is 45.3 Å². The molecule has 0 aliphatic heterocycles. The molecule has 17 heavy (non-hydrogen) atoms. The van der Waals surface area contributed by atoms with E-state index in [4.69, 9.17) is 10.2 Å². The Morgan fingerprint density at radius 1 is 1.18 bits per heavy atom. The Kier molecular flexibility index (Phi) is 3.29. The average Bonchev–Trinajstić information content (AvgIpc) is 2.36. The van der Waals surface area contributed by atoms with Gasteiger partial charge in [-0.1, -0.05) is 26.0 Å². The first-order valence-corrected chi connectivity index (χ1v) is 5.99. The normalized spacial score (nSPS) is 11.0. The van der Waals surface area contributed by atoms with Crippen LogP contribution in [0.3, 0.4) is 0 Å². The molecule has 1 aromatic heterocycles. The summed E-state index contributed by atoms with van der Waals surface area (Å²) < 4.78 is 5.36. The van der Waals surface area contributed by atoms with Crippen molar-refractivity contribution in [1.82, 2.24) is 0 Å². The van der Waals surface area contributed by atoms with E-state index in [1.165, 1.54) is 5.56 Å². The Morgan fingerprint density at radius 2 is 1.94 bits per heavy atom. The van der Waals surface area contributed by atoms with Gasteiger partial charge in [0.25, 0.3) is 0 Å². The fourth-order valence-corrected chi connectivity index (χ4v) is 2.32. The van der Waals surface area contributed by atoms with Gasteiger partial charge >= 0.3 is 5.63 Å². The molecule has 0 bridgehead atoms. The fraction of sp³-hybridized carbons (Fsp3) is 0.357. The molecule has 1 aromatic carbocycles. The smallest absolute Gasteiger partial charge is 0.339 e. The van der Waals surface area contributed by atoms with Crippen LogP contribution in [0.1, 0.15) is 30.5 Å². The van der Waals surface area contributed by atoms with Crippen LogP contribution in [0.15, 0.2) is 27.4 Å². The number of hydrogen-bond donors (Lipinski definition) is 1. The predicted octanol–water partition coefficient (Wildman–Crippen LogP) is 2.38. The molecule has 2 rings (SSSR count). The molecule has 3 heteroatoms. The first-order valence-electron chi connectivity index (χ1n) is 5.99. The summed E-state index contributed by atoms with van der Waals surface area (Å²) >= 11 is 0. The molecule has 0 fully saturated rings. The Bertz CT molecular complexity index is 599. The molecule has 0 aliphatic carbocycles. The lowest BCUT2D eigenvalue weighted by molar-refractivity contribution is 0.548. The van der Waals surface area contributed by atoms with E-state index in [-0.39, 0.29) is 5.63 Å². The van der Waals surface area contributed by atoms with Crippen LogP contribution in [0.25, 0.3) is 11.0 Å². The highest BCUT2D eigenvalue weighted by Gasteiger charge is 2.13. The Labute approximate surface area is 100 Å². The summed E-state index contributed by atoms with van der Waals surface area (Å²) in [5.74, 6) is 0. The predicted molar refractivity (Wildman–Crippen MR) is 69.1 cm³/mol. The van der Waals surface area contributed by atoms with Gasteiger partial charge in [0.1, 0.15) is 5.58 Å². The highest BCUT2D eigenvalue weighted by molar-refractivity contribution is 5.84. The number of rotatable bonds is 3. The van der Waals surface area contributed by atoms with Gasteiger partial charge in [0, 0.05) is 17.5 Å². The van der Waals surface area contributed by atoms with E-state index in [1.807, 2.05) is 19.1 Å². The van der Waals surface area contributed by atoms with Crippen LogP contribution in [-0.2, 0) is 19.4 Å². The number of benzene rings is 1. The van der Waals surface area contributed by atoms with Crippen LogP contribution >= 0.6 is 0 Å². The zero-order chi connectivity index (χ0) is 12.4. The molecule has 2 aromatic rings.